The molecule has 1 aliphatic rings. The second-order valence-electron chi connectivity index (χ2n) is 4.73. The van der Waals surface area contributed by atoms with Gasteiger partial charge in [-0.05, 0) is 10.8 Å². The molecule has 0 saturated carbocycles. The lowest BCUT2D eigenvalue weighted by molar-refractivity contribution is 0.102. The number of hydrogen-bond donors (Lipinski definition) is 0. The normalized spacial score (nSPS) is 16.6. The minimum atomic E-state index is 0.207. The van der Waals surface area contributed by atoms with Crippen molar-refractivity contribution in [3.05, 3.63) is 48.0 Å². The van der Waals surface area contributed by atoms with E-state index in [9.17, 15) is 4.79 Å². The summed E-state index contributed by atoms with van der Waals surface area (Å²) < 4.78 is 5.35. The van der Waals surface area contributed by atoms with Gasteiger partial charge in [-0.15, -0.1) is 0 Å². The third-order valence-electron chi connectivity index (χ3n) is 3.46. The third kappa shape index (κ3) is 2.82. The highest BCUT2D eigenvalue weighted by molar-refractivity contribution is 7.97. The molecule has 98 valence electrons. The summed E-state index contributed by atoms with van der Waals surface area (Å²) in [6, 6.07) is 14.1. The number of ketones is 1. The van der Waals surface area contributed by atoms with Crippen molar-refractivity contribution < 1.29 is 9.53 Å². The van der Waals surface area contributed by atoms with Crippen molar-refractivity contribution in [3.63, 3.8) is 0 Å². The molecule has 0 bridgehead atoms. The first-order chi connectivity index (χ1) is 9.34. The van der Waals surface area contributed by atoms with Gasteiger partial charge in [0.05, 0.1) is 13.2 Å². The summed E-state index contributed by atoms with van der Waals surface area (Å²) in [4.78, 5) is 12.5. The summed E-state index contributed by atoms with van der Waals surface area (Å²) in [6.45, 7) is 1.62. The predicted molar refractivity (Wildman–Crippen MR) is 81.1 cm³/mol. The van der Waals surface area contributed by atoms with Crippen LogP contribution in [0.25, 0.3) is 10.8 Å². The Morgan fingerprint density at radius 1 is 1.05 bits per heavy atom. The lowest BCUT2D eigenvalue weighted by Crippen LogP contribution is -2.31. The van der Waals surface area contributed by atoms with Crippen molar-refractivity contribution >= 4 is 27.5 Å². The van der Waals surface area contributed by atoms with Gasteiger partial charge >= 0.3 is 0 Å². The highest BCUT2D eigenvalue weighted by Gasteiger charge is 2.26. The summed E-state index contributed by atoms with van der Waals surface area (Å²) in [5.74, 6) is 3.03. The second-order valence-corrected chi connectivity index (χ2v) is 7.06. The Morgan fingerprint density at radius 3 is 2.63 bits per heavy atom. The number of benzene rings is 2. The van der Waals surface area contributed by atoms with Crippen LogP contribution in [0.5, 0.6) is 0 Å². The van der Waals surface area contributed by atoms with Crippen LogP contribution in [0, 0.1) is 0 Å². The van der Waals surface area contributed by atoms with Gasteiger partial charge in [0.15, 0.2) is 5.75 Å². The molecule has 0 unspecified atom stereocenters. The molecule has 1 fully saturated rings. The van der Waals surface area contributed by atoms with Gasteiger partial charge in [0.2, 0.25) is 5.78 Å². The van der Waals surface area contributed by atoms with E-state index in [0.29, 0.717) is 5.75 Å². The molecular formula is C16H17O2S+. The van der Waals surface area contributed by atoms with Gasteiger partial charge in [-0.2, -0.15) is 0 Å². The lowest BCUT2D eigenvalue weighted by Gasteiger charge is -2.14. The van der Waals surface area contributed by atoms with E-state index in [2.05, 4.69) is 12.1 Å². The molecule has 2 nitrogen and oxygen atoms in total. The molecule has 3 rings (SSSR count). The van der Waals surface area contributed by atoms with Crippen LogP contribution in [0.4, 0.5) is 0 Å². The first kappa shape index (κ1) is 12.7. The largest absolute Gasteiger partial charge is 0.372 e. The van der Waals surface area contributed by atoms with E-state index in [-0.39, 0.29) is 16.7 Å². The number of carbonyl (C=O) groups excluding carboxylic acids is 1. The molecule has 0 atom stereocenters. The van der Waals surface area contributed by atoms with Crippen LogP contribution in [0.1, 0.15) is 10.4 Å². The molecule has 1 aliphatic heterocycles. The van der Waals surface area contributed by atoms with Gasteiger partial charge in [-0.3, -0.25) is 4.79 Å². The molecule has 0 aromatic heterocycles. The Hall–Kier alpha value is -1.32. The molecular weight excluding hydrogens is 256 g/mol. The fraction of sp³-hybridized carbons (Fsp3) is 0.312. The van der Waals surface area contributed by atoms with Gasteiger partial charge < -0.3 is 4.74 Å². The van der Waals surface area contributed by atoms with Crippen molar-refractivity contribution in [1.82, 2.24) is 0 Å². The number of hydrogen-bond acceptors (Lipinski definition) is 2. The molecule has 3 heteroatoms. The second kappa shape index (κ2) is 5.76. The number of carbonyl (C=O) groups is 1. The Balaban J connectivity index is 1.85. The highest BCUT2D eigenvalue weighted by atomic mass is 32.2. The van der Waals surface area contributed by atoms with Gasteiger partial charge in [0, 0.05) is 16.5 Å². The first-order valence-corrected chi connectivity index (χ1v) is 8.30. The molecule has 0 spiro atoms. The van der Waals surface area contributed by atoms with Crippen LogP contribution in [-0.2, 0) is 15.6 Å². The Bertz CT molecular complexity index is 583. The summed E-state index contributed by atoms with van der Waals surface area (Å²) in [7, 11) is 0.207. The summed E-state index contributed by atoms with van der Waals surface area (Å²) >= 11 is 0. The minimum Gasteiger partial charge on any atom is -0.372 e. The van der Waals surface area contributed by atoms with E-state index in [1.54, 1.807) is 0 Å². The number of rotatable bonds is 3. The Morgan fingerprint density at radius 2 is 1.79 bits per heavy atom. The zero-order valence-corrected chi connectivity index (χ0v) is 11.6. The van der Waals surface area contributed by atoms with Crippen LogP contribution >= 0.6 is 0 Å². The quantitative estimate of drug-likeness (QED) is 0.635. The molecule has 0 aliphatic carbocycles. The molecule has 0 N–H and O–H groups in total. The SMILES string of the molecule is O=C(C[S+]1CCOCC1)c1cccc2ccccc12. The van der Waals surface area contributed by atoms with Crippen LogP contribution in [-0.4, -0.2) is 36.3 Å². The Labute approximate surface area is 116 Å². The van der Waals surface area contributed by atoms with Crippen molar-refractivity contribution in [2.75, 3.05) is 30.5 Å². The minimum absolute atomic E-state index is 0.207. The molecule has 0 amide bonds. The molecule has 1 heterocycles. The molecule has 0 radical (unpaired) electrons. The van der Waals surface area contributed by atoms with Crippen LogP contribution in [0.2, 0.25) is 0 Å². The zero-order chi connectivity index (χ0) is 13.1. The average Bonchev–Trinajstić information content (AvgIpc) is 2.47. The number of ether oxygens (including phenoxy) is 1. The maximum atomic E-state index is 12.5. The summed E-state index contributed by atoms with van der Waals surface area (Å²) in [6.07, 6.45) is 0. The number of fused-ring (bicyclic) bond motifs is 1. The molecule has 2 aromatic carbocycles. The standard InChI is InChI=1S/C16H17O2S/c17-16(12-19-10-8-18-9-11-19)15-7-3-5-13-4-1-2-6-14(13)15/h1-7H,8-12H2/q+1. The van der Waals surface area contributed by atoms with E-state index in [4.69, 9.17) is 4.74 Å². The highest BCUT2D eigenvalue weighted by Crippen LogP contribution is 2.20. The zero-order valence-electron chi connectivity index (χ0n) is 10.8. The van der Waals surface area contributed by atoms with Crippen molar-refractivity contribution in [3.8, 4) is 0 Å². The molecule has 19 heavy (non-hydrogen) atoms. The third-order valence-corrected chi connectivity index (χ3v) is 5.62. The van der Waals surface area contributed by atoms with Gasteiger partial charge in [-0.1, -0.05) is 42.5 Å². The van der Waals surface area contributed by atoms with Crippen LogP contribution < -0.4 is 0 Å². The van der Waals surface area contributed by atoms with E-state index < -0.39 is 0 Å². The smallest absolute Gasteiger partial charge is 0.212 e. The van der Waals surface area contributed by atoms with Crippen LogP contribution in [0.15, 0.2) is 42.5 Å². The molecule has 2 aromatic rings. The van der Waals surface area contributed by atoms with Crippen molar-refractivity contribution in [2.24, 2.45) is 0 Å². The summed E-state index contributed by atoms with van der Waals surface area (Å²) in [5.41, 5.74) is 0.872. The van der Waals surface area contributed by atoms with Gasteiger partial charge in [0.1, 0.15) is 11.5 Å². The van der Waals surface area contributed by atoms with E-state index in [1.165, 1.54) is 0 Å². The lowest BCUT2D eigenvalue weighted by atomic mass is 10.0. The van der Waals surface area contributed by atoms with E-state index in [0.717, 1.165) is 41.1 Å². The molecule has 1 saturated heterocycles. The maximum absolute atomic E-state index is 12.5. The van der Waals surface area contributed by atoms with Gasteiger partial charge in [0.25, 0.3) is 0 Å². The predicted octanol–water partition coefficient (Wildman–Crippen LogP) is 2.67. The van der Waals surface area contributed by atoms with Crippen molar-refractivity contribution in [2.45, 2.75) is 0 Å². The van der Waals surface area contributed by atoms with Crippen LogP contribution in [0.3, 0.4) is 0 Å². The monoisotopic (exact) mass is 273 g/mol. The topological polar surface area (TPSA) is 26.3 Å². The maximum Gasteiger partial charge on any atom is 0.212 e. The first-order valence-electron chi connectivity index (χ1n) is 6.57. The van der Waals surface area contributed by atoms with E-state index >= 15 is 0 Å². The fourth-order valence-electron chi connectivity index (χ4n) is 2.43. The van der Waals surface area contributed by atoms with Crippen molar-refractivity contribution in [1.29, 1.82) is 0 Å². The average molecular weight is 273 g/mol. The van der Waals surface area contributed by atoms with E-state index in [1.807, 2.05) is 30.3 Å². The fourth-order valence-corrected chi connectivity index (χ4v) is 4.16. The Kier molecular flexibility index (Phi) is 3.85. The summed E-state index contributed by atoms with van der Waals surface area (Å²) in [5, 5.41) is 2.22. The van der Waals surface area contributed by atoms with Gasteiger partial charge in [-0.25, -0.2) is 0 Å². The number of Topliss-reactive ketones (excluding diaryl/α,β-unsaturated/α-hetero) is 1.